The number of nitrogens with zero attached hydrogens (tertiary/aromatic N) is 1. The van der Waals surface area contributed by atoms with E-state index in [4.69, 9.17) is 18.9 Å². The molecule has 9 nitrogen and oxygen atoms in total. The predicted molar refractivity (Wildman–Crippen MR) is 290 cm³/mol. The van der Waals surface area contributed by atoms with Gasteiger partial charge in [0.2, 0.25) is 0 Å². The first-order chi connectivity index (χ1) is 33.6. The molecule has 0 aliphatic carbocycles. The molecular formula is C60H102NO8+. The predicted octanol–water partition coefficient (Wildman–Crippen LogP) is 15.8. The molecule has 2 atom stereocenters. The fourth-order valence-electron chi connectivity index (χ4n) is 7.15. The number of aliphatic carboxylic acids is 1. The lowest BCUT2D eigenvalue weighted by Gasteiger charge is -2.25. The summed E-state index contributed by atoms with van der Waals surface area (Å²) >= 11 is 0. The van der Waals surface area contributed by atoms with Gasteiger partial charge < -0.3 is 28.5 Å². The monoisotopic (exact) mass is 965 g/mol. The van der Waals surface area contributed by atoms with Gasteiger partial charge in [0.05, 0.1) is 34.4 Å². The SMILES string of the molecule is CC/C=C\C/C=C\C/C=C\C/C=C\C/C=C\C/C=C\C/C=C\C/C=C\CCCCCCC(=O)OC(COC(=O)CCCCCCCCCCCCCCCCC)COC(OCC[N+](C)(C)C)C(=O)O. The maximum Gasteiger partial charge on any atom is 0.361 e. The minimum absolute atomic E-state index is 0.178. The standard InChI is InChI=1S/C60H101NO8/c1-6-8-10-12-14-16-18-20-22-23-24-25-26-27-28-29-30-31-32-33-34-35-37-39-41-43-45-47-49-51-58(63)69-56(55-68-60(59(64)65)66-53-52-61(3,4)5)54-67-57(62)50-48-46-44-42-40-38-36-21-19-17-15-13-11-9-7-2/h8,10,14,16,20,22,24-25,27-28,30-31,33-34,37,39,56,60H,6-7,9,11-13,15,17-19,21,23,26,29,32,35-36,38,40-55H2,1-5H3/p+1/b10-8-,16-14-,22-20-,25-24-,28-27-,31-30-,34-33-,39-37-. The number of carboxylic acids is 1. The number of esters is 2. The lowest BCUT2D eigenvalue weighted by atomic mass is 10.0. The Balaban J connectivity index is 4.36. The Kier molecular flexibility index (Phi) is 47.8. The lowest BCUT2D eigenvalue weighted by molar-refractivity contribution is -0.870. The van der Waals surface area contributed by atoms with Crippen LogP contribution in [0.15, 0.2) is 97.2 Å². The molecule has 69 heavy (non-hydrogen) atoms. The summed E-state index contributed by atoms with van der Waals surface area (Å²) in [6, 6.07) is 0. The summed E-state index contributed by atoms with van der Waals surface area (Å²) in [5.74, 6) is -2.05. The van der Waals surface area contributed by atoms with Crippen molar-refractivity contribution in [2.75, 3.05) is 47.5 Å². The Morgan fingerprint density at radius 3 is 1.23 bits per heavy atom. The molecule has 0 aromatic carbocycles. The number of likely N-dealkylation sites (N-methyl/N-ethyl adjacent to an activating group) is 1. The highest BCUT2D eigenvalue weighted by molar-refractivity contribution is 5.71. The minimum atomic E-state index is -1.52. The first-order valence-corrected chi connectivity index (χ1v) is 27.4. The maximum absolute atomic E-state index is 12.8. The Morgan fingerprint density at radius 1 is 0.449 bits per heavy atom. The van der Waals surface area contributed by atoms with Gasteiger partial charge in [-0.3, -0.25) is 9.59 Å². The highest BCUT2D eigenvalue weighted by atomic mass is 16.7. The Hall–Kier alpha value is -3.79. The third-order valence-corrected chi connectivity index (χ3v) is 11.4. The molecule has 0 bridgehead atoms. The van der Waals surface area contributed by atoms with Crippen LogP contribution in [-0.2, 0) is 33.3 Å². The molecule has 0 aliphatic heterocycles. The molecule has 0 radical (unpaired) electrons. The van der Waals surface area contributed by atoms with Crippen molar-refractivity contribution in [1.82, 2.24) is 0 Å². The molecular weight excluding hydrogens is 863 g/mol. The fourth-order valence-corrected chi connectivity index (χ4v) is 7.15. The van der Waals surface area contributed by atoms with Crippen molar-refractivity contribution in [2.45, 2.75) is 219 Å². The van der Waals surface area contributed by atoms with Gasteiger partial charge in [-0.2, -0.15) is 0 Å². The van der Waals surface area contributed by atoms with E-state index in [-0.39, 0.29) is 32.2 Å². The minimum Gasteiger partial charge on any atom is -0.477 e. The molecule has 0 rings (SSSR count). The van der Waals surface area contributed by atoms with Gasteiger partial charge in [0.15, 0.2) is 6.10 Å². The number of rotatable bonds is 49. The number of allylic oxidation sites excluding steroid dienone is 16. The molecule has 0 spiro atoms. The topological polar surface area (TPSA) is 108 Å². The lowest BCUT2D eigenvalue weighted by Crippen LogP contribution is -2.40. The summed E-state index contributed by atoms with van der Waals surface area (Å²) in [6.45, 7) is 4.73. The van der Waals surface area contributed by atoms with Gasteiger partial charge in [-0.15, -0.1) is 0 Å². The third kappa shape index (κ3) is 51.9. The Bertz CT molecular complexity index is 1450. The van der Waals surface area contributed by atoms with E-state index in [0.717, 1.165) is 96.3 Å². The molecule has 0 saturated heterocycles. The molecule has 1 N–H and O–H groups in total. The van der Waals surface area contributed by atoms with Crippen LogP contribution >= 0.6 is 0 Å². The third-order valence-electron chi connectivity index (χ3n) is 11.4. The number of ether oxygens (including phenoxy) is 4. The second-order valence-electron chi connectivity index (χ2n) is 19.2. The number of quaternary nitrogens is 1. The van der Waals surface area contributed by atoms with E-state index in [1.165, 1.54) is 77.0 Å². The van der Waals surface area contributed by atoms with E-state index < -0.39 is 24.3 Å². The highest BCUT2D eigenvalue weighted by Gasteiger charge is 2.25. The van der Waals surface area contributed by atoms with E-state index >= 15 is 0 Å². The summed E-state index contributed by atoms with van der Waals surface area (Å²) in [4.78, 5) is 37.3. The zero-order chi connectivity index (χ0) is 50.6. The van der Waals surface area contributed by atoms with Gasteiger partial charge in [0.1, 0.15) is 13.2 Å². The molecule has 0 amide bonds. The van der Waals surface area contributed by atoms with E-state index in [9.17, 15) is 19.5 Å². The van der Waals surface area contributed by atoms with E-state index in [2.05, 4.69) is 111 Å². The molecule has 0 heterocycles. The number of hydrogen-bond donors (Lipinski definition) is 1. The van der Waals surface area contributed by atoms with Crippen molar-refractivity contribution in [3.63, 3.8) is 0 Å². The van der Waals surface area contributed by atoms with Crippen LogP contribution in [0.2, 0.25) is 0 Å². The van der Waals surface area contributed by atoms with Crippen LogP contribution in [0.25, 0.3) is 0 Å². The van der Waals surface area contributed by atoms with E-state index in [1.807, 2.05) is 21.1 Å². The van der Waals surface area contributed by atoms with Crippen molar-refractivity contribution in [3.8, 4) is 0 Å². The molecule has 0 fully saturated rings. The summed E-state index contributed by atoms with van der Waals surface area (Å²) in [5, 5.41) is 9.68. The number of hydrogen-bond acceptors (Lipinski definition) is 7. The largest absolute Gasteiger partial charge is 0.477 e. The van der Waals surface area contributed by atoms with Crippen molar-refractivity contribution in [3.05, 3.63) is 97.2 Å². The second-order valence-corrected chi connectivity index (χ2v) is 19.2. The normalized spacial score (nSPS) is 13.6. The van der Waals surface area contributed by atoms with Crippen molar-refractivity contribution < 1.29 is 42.9 Å². The number of carbonyl (C=O) groups is 3. The Morgan fingerprint density at radius 2 is 0.826 bits per heavy atom. The van der Waals surface area contributed by atoms with Gasteiger partial charge in [-0.25, -0.2) is 4.79 Å². The molecule has 0 aromatic rings. The van der Waals surface area contributed by atoms with Crippen molar-refractivity contribution in [1.29, 1.82) is 0 Å². The zero-order valence-corrected chi connectivity index (χ0v) is 44.7. The highest BCUT2D eigenvalue weighted by Crippen LogP contribution is 2.15. The summed E-state index contributed by atoms with van der Waals surface area (Å²) in [7, 11) is 5.95. The first kappa shape index (κ1) is 65.2. The van der Waals surface area contributed by atoms with Gasteiger partial charge in [0, 0.05) is 12.8 Å². The van der Waals surface area contributed by atoms with Crippen LogP contribution in [0.4, 0.5) is 0 Å². The molecule has 0 aromatic heterocycles. The quantitative estimate of drug-likeness (QED) is 0.0211. The zero-order valence-electron chi connectivity index (χ0n) is 44.7. The smallest absolute Gasteiger partial charge is 0.361 e. The molecule has 394 valence electrons. The number of carboxylic acid groups (broad SMARTS) is 1. The second kappa shape index (κ2) is 50.6. The number of unbranched alkanes of at least 4 members (excludes halogenated alkanes) is 18. The van der Waals surface area contributed by atoms with Gasteiger partial charge in [-0.05, 0) is 77.0 Å². The van der Waals surface area contributed by atoms with Crippen molar-refractivity contribution in [2.24, 2.45) is 0 Å². The summed E-state index contributed by atoms with van der Waals surface area (Å²) in [5.41, 5.74) is 0. The number of carbonyl (C=O) groups excluding carboxylic acids is 2. The van der Waals surface area contributed by atoms with Gasteiger partial charge in [0.25, 0.3) is 6.29 Å². The maximum atomic E-state index is 12.8. The summed E-state index contributed by atoms with van der Waals surface area (Å²) < 4.78 is 22.8. The van der Waals surface area contributed by atoms with Crippen LogP contribution in [-0.4, -0.2) is 87.4 Å². The van der Waals surface area contributed by atoms with Gasteiger partial charge in [-0.1, -0.05) is 214 Å². The Labute approximate surface area is 422 Å². The van der Waals surface area contributed by atoms with Crippen LogP contribution in [0.1, 0.15) is 206 Å². The molecule has 0 aliphatic rings. The summed E-state index contributed by atoms with van der Waals surface area (Å²) in [6.07, 6.45) is 64.7. The average molecular weight is 965 g/mol. The average Bonchev–Trinajstić information content (AvgIpc) is 3.31. The molecule has 9 heteroatoms. The first-order valence-electron chi connectivity index (χ1n) is 27.4. The molecule has 2 unspecified atom stereocenters. The molecule has 0 saturated carbocycles. The van der Waals surface area contributed by atoms with Crippen LogP contribution in [0.5, 0.6) is 0 Å². The van der Waals surface area contributed by atoms with Crippen LogP contribution < -0.4 is 0 Å². The van der Waals surface area contributed by atoms with E-state index in [0.29, 0.717) is 23.9 Å². The van der Waals surface area contributed by atoms with E-state index in [1.54, 1.807) is 0 Å². The van der Waals surface area contributed by atoms with Crippen LogP contribution in [0.3, 0.4) is 0 Å². The van der Waals surface area contributed by atoms with Crippen molar-refractivity contribution >= 4 is 17.9 Å². The van der Waals surface area contributed by atoms with Crippen LogP contribution in [0, 0.1) is 0 Å². The van der Waals surface area contributed by atoms with Gasteiger partial charge >= 0.3 is 17.9 Å². The fraction of sp³-hybridized carbons (Fsp3) is 0.683.